The van der Waals surface area contributed by atoms with Gasteiger partial charge in [0.2, 0.25) is 6.41 Å². The molecule has 0 radical (unpaired) electrons. The summed E-state index contributed by atoms with van der Waals surface area (Å²) >= 11 is 12.0. The Morgan fingerprint density at radius 1 is 1.12 bits per heavy atom. The number of halogens is 2. The highest BCUT2D eigenvalue weighted by atomic mass is 35.5. The van der Waals surface area contributed by atoms with Crippen LogP contribution in [0.5, 0.6) is 0 Å². The predicted octanol–water partition coefficient (Wildman–Crippen LogP) is 2.27. The van der Waals surface area contributed by atoms with Crippen LogP contribution in [0.4, 0.5) is 5.69 Å². The lowest BCUT2D eigenvalue weighted by Crippen LogP contribution is -2.45. The summed E-state index contributed by atoms with van der Waals surface area (Å²) in [6.45, 7) is 3.09. The Bertz CT molecular complexity index is 390. The number of carbonyl (C=O) groups excluding carboxylic acids is 1. The summed E-state index contributed by atoms with van der Waals surface area (Å²) in [5, 5.41) is 1.30. The Kier molecular flexibility index (Phi) is 3.56. The van der Waals surface area contributed by atoms with Crippen molar-refractivity contribution >= 4 is 35.3 Å². The van der Waals surface area contributed by atoms with Crippen LogP contribution in [0.3, 0.4) is 0 Å². The predicted molar refractivity (Wildman–Crippen MR) is 66.3 cm³/mol. The summed E-state index contributed by atoms with van der Waals surface area (Å²) in [7, 11) is 0. The second kappa shape index (κ2) is 4.93. The first-order chi connectivity index (χ1) is 7.70. The van der Waals surface area contributed by atoms with Gasteiger partial charge >= 0.3 is 0 Å². The van der Waals surface area contributed by atoms with Crippen LogP contribution in [0.15, 0.2) is 18.2 Å². The van der Waals surface area contributed by atoms with Crippen molar-refractivity contribution in [1.29, 1.82) is 0 Å². The van der Waals surface area contributed by atoms with E-state index < -0.39 is 0 Å². The van der Waals surface area contributed by atoms with Gasteiger partial charge in [0.25, 0.3) is 0 Å². The van der Waals surface area contributed by atoms with E-state index in [4.69, 9.17) is 23.2 Å². The topological polar surface area (TPSA) is 23.6 Å². The maximum Gasteiger partial charge on any atom is 0.209 e. The first kappa shape index (κ1) is 11.6. The largest absolute Gasteiger partial charge is 0.367 e. The normalized spacial score (nSPS) is 16.4. The molecule has 5 heteroatoms. The highest BCUT2D eigenvalue weighted by Gasteiger charge is 2.17. The Balaban J connectivity index is 2.11. The average molecular weight is 259 g/mol. The molecule has 1 aromatic carbocycles. The molecule has 2 rings (SSSR count). The molecule has 0 bridgehead atoms. The number of hydrogen-bond acceptors (Lipinski definition) is 2. The standard InChI is InChI=1S/C11H12Cl2N2O/c12-9-1-2-11(10(13)7-9)15-5-3-14(8-16)4-6-15/h1-2,7-8H,3-6H2. The van der Waals surface area contributed by atoms with E-state index in [0.717, 1.165) is 38.3 Å². The molecule has 1 saturated heterocycles. The summed E-state index contributed by atoms with van der Waals surface area (Å²) in [5.74, 6) is 0. The van der Waals surface area contributed by atoms with Crippen molar-refractivity contribution < 1.29 is 4.79 Å². The fraction of sp³-hybridized carbons (Fsp3) is 0.364. The summed E-state index contributed by atoms with van der Waals surface area (Å²) < 4.78 is 0. The van der Waals surface area contributed by atoms with Gasteiger partial charge in [0.05, 0.1) is 10.7 Å². The number of benzene rings is 1. The number of amides is 1. The van der Waals surface area contributed by atoms with Crippen molar-refractivity contribution in [3.05, 3.63) is 28.2 Å². The SMILES string of the molecule is O=CN1CCN(c2ccc(Cl)cc2Cl)CC1. The minimum absolute atomic E-state index is 0.639. The number of hydrogen-bond donors (Lipinski definition) is 0. The molecule has 1 fully saturated rings. The molecule has 0 aliphatic carbocycles. The summed E-state index contributed by atoms with van der Waals surface area (Å²) in [4.78, 5) is 14.5. The molecule has 0 atom stereocenters. The van der Waals surface area contributed by atoms with Gasteiger partial charge in [0.1, 0.15) is 0 Å². The molecule has 1 aliphatic rings. The lowest BCUT2D eigenvalue weighted by molar-refractivity contribution is -0.118. The van der Waals surface area contributed by atoms with E-state index in [1.165, 1.54) is 0 Å². The average Bonchev–Trinajstić information content (AvgIpc) is 2.29. The van der Waals surface area contributed by atoms with E-state index in [9.17, 15) is 4.79 Å². The van der Waals surface area contributed by atoms with E-state index in [0.29, 0.717) is 10.0 Å². The molecule has 16 heavy (non-hydrogen) atoms. The van der Waals surface area contributed by atoms with Gasteiger partial charge in [0, 0.05) is 31.2 Å². The number of piperazine rings is 1. The Hall–Kier alpha value is -0.930. The fourth-order valence-electron chi connectivity index (χ4n) is 1.81. The first-order valence-corrected chi connectivity index (χ1v) is 5.85. The zero-order valence-corrected chi connectivity index (χ0v) is 10.2. The smallest absolute Gasteiger partial charge is 0.209 e. The lowest BCUT2D eigenvalue weighted by atomic mass is 10.2. The minimum Gasteiger partial charge on any atom is -0.367 e. The van der Waals surface area contributed by atoms with E-state index in [-0.39, 0.29) is 0 Å². The minimum atomic E-state index is 0.639. The molecule has 1 aliphatic heterocycles. The molecular weight excluding hydrogens is 247 g/mol. The van der Waals surface area contributed by atoms with Gasteiger partial charge in [-0.15, -0.1) is 0 Å². The summed E-state index contributed by atoms with van der Waals surface area (Å²) in [5.41, 5.74) is 0.983. The van der Waals surface area contributed by atoms with Gasteiger partial charge in [-0.3, -0.25) is 4.79 Å². The van der Waals surface area contributed by atoms with Gasteiger partial charge < -0.3 is 9.80 Å². The zero-order valence-electron chi connectivity index (χ0n) is 8.70. The number of nitrogens with zero attached hydrogens (tertiary/aromatic N) is 2. The van der Waals surface area contributed by atoms with Gasteiger partial charge in [-0.25, -0.2) is 0 Å². The number of anilines is 1. The lowest BCUT2D eigenvalue weighted by Gasteiger charge is -2.34. The molecule has 3 nitrogen and oxygen atoms in total. The molecule has 1 heterocycles. The van der Waals surface area contributed by atoms with Gasteiger partial charge in [0.15, 0.2) is 0 Å². The van der Waals surface area contributed by atoms with Crippen LogP contribution in [0, 0.1) is 0 Å². The van der Waals surface area contributed by atoms with Crippen LogP contribution >= 0.6 is 23.2 Å². The van der Waals surface area contributed by atoms with Gasteiger partial charge in [-0.1, -0.05) is 23.2 Å². The Labute approximate surface area is 105 Å². The van der Waals surface area contributed by atoms with Crippen molar-refractivity contribution in [1.82, 2.24) is 4.90 Å². The van der Waals surface area contributed by atoms with Gasteiger partial charge in [-0.2, -0.15) is 0 Å². The second-order valence-corrected chi connectivity index (χ2v) is 4.57. The summed E-state index contributed by atoms with van der Waals surface area (Å²) in [6.07, 6.45) is 0.890. The molecular formula is C11H12Cl2N2O. The molecule has 0 N–H and O–H groups in total. The fourth-order valence-corrected chi connectivity index (χ4v) is 2.33. The van der Waals surface area contributed by atoms with Crippen LogP contribution in [0.25, 0.3) is 0 Å². The molecule has 1 aromatic rings. The van der Waals surface area contributed by atoms with E-state index in [1.54, 1.807) is 11.0 Å². The maximum absolute atomic E-state index is 10.6. The van der Waals surface area contributed by atoms with Crippen LogP contribution in [0.1, 0.15) is 0 Å². The van der Waals surface area contributed by atoms with Crippen molar-refractivity contribution in [2.75, 3.05) is 31.1 Å². The highest BCUT2D eigenvalue weighted by Crippen LogP contribution is 2.29. The third-order valence-electron chi connectivity index (χ3n) is 2.71. The highest BCUT2D eigenvalue weighted by molar-refractivity contribution is 6.36. The molecule has 0 aromatic heterocycles. The molecule has 0 spiro atoms. The summed E-state index contributed by atoms with van der Waals surface area (Å²) in [6, 6.07) is 5.49. The van der Waals surface area contributed by atoms with Crippen molar-refractivity contribution in [3.63, 3.8) is 0 Å². The number of carbonyl (C=O) groups is 1. The first-order valence-electron chi connectivity index (χ1n) is 5.10. The van der Waals surface area contributed by atoms with E-state index >= 15 is 0 Å². The van der Waals surface area contributed by atoms with Gasteiger partial charge in [-0.05, 0) is 18.2 Å². The Morgan fingerprint density at radius 3 is 2.38 bits per heavy atom. The quantitative estimate of drug-likeness (QED) is 0.761. The van der Waals surface area contributed by atoms with Crippen molar-refractivity contribution in [2.45, 2.75) is 0 Å². The van der Waals surface area contributed by atoms with Crippen LogP contribution < -0.4 is 4.90 Å². The third kappa shape index (κ3) is 2.42. The van der Waals surface area contributed by atoms with E-state index in [1.807, 2.05) is 12.1 Å². The third-order valence-corrected chi connectivity index (χ3v) is 3.25. The van der Waals surface area contributed by atoms with Crippen LogP contribution in [0.2, 0.25) is 10.0 Å². The van der Waals surface area contributed by atoms with Crippen molar-refractivity contribution in [3.8, 4) is 0 Å². The maximum atomic E-state index is 10.6. The molecule has 1 amide bonds. The zero-order chi connectivity index (χ0) is 11.5. The van der Waals surface area contributed by atoms with E-state index in [2.05, 4.69) is 4.90 Å². The molecule has 86 valence electrons. The van der Waals surface area contributed by atoms with Crippen molar-refractivity contribution in [2.24, 2.45) is 0 Å². The second-order valence-electron chi connectivity index (χ2n) is 3.72. The molecule has 0 saturated carbocycles. The Morgan fingerprint density at radius 2 is 1.81 bits per heavy atom. The van der Waals surface area contributed by atoms with Crippen LogP contribution in [-0.2, 0) is 4.79 Å². The molecule has 0 unspecified atom stereocenters. The monoisotopic (exact) mass is 258 g/mol. The number of rotatable bonds is 2. The van der Waals surface area contributed by atoms with Crippen LogP contribution in [-0.4, -0.2) is 37.5 Å².